The van der Waals surface area contributed by atoms with Crippen molar-refractivity contribution < 1.29 is 24.2 Å². The zero-order chi connectivity index (χ0) is 24.8. The number of nitro benzene ring substituents is 1. The summed E-state index contributed by atoms with van der Waals surface area (Å²) < 4.78 is 4.96. The Hall–Kier alpha value is -4.27. The highest BCUT2D eigenvalue weighted by Crippen LogP contribution is 2.32. The minimum absolute atomic E-state index is 0.00221. The van der Waals surface area contributed by atoms with Gasteiger partial charge in [0.15, 0.2) is 0 Å². The second-order valence-corrected chi connectivity index (χ2v) is 7.23. The molecular formula is C18H19ClN8O7. The summed E-state index contributed by atoms with van der Waals surface area (Å²) in [5, 5.41) is 22.7. The van der Waals surface area contributed by atoms with Crippen molar-refractivity contribution >= 4 is 46.6 Å². The van der Waals surface area contributed by atoms with Crippen LogP contribution < -0.4 is 15.8 Å². The molecule has 2 amide bonds. The topological polar surface area (TPSA) is 186 Å². The van der Waals surface area contributed by atoms with Gasteiger partial charge in [-0.15, -0.1) is 0 Å². The van der Waals surface area contributed by atoms with Gasteiger partial charge >= 0.3 is 11.8 Å². The Morgan fingerprint density at radius 3 is 2.47 bits per heavy atom. The Bertz CT molecular complexity index is 1120. The standard InChI is InChI=1S/C18H19ClN8O7/c1-2-34-18(29)25-7-5-24(6-8-25)16-14(27(32)33)15(20-10-21-16)22-23-17(28)11-3-4-12(19)13(9-11)26(30)31/h3-4,9-10H,2,5-8H2,1H3,(H,23,28)(H,20,21,22). The van der Waals surface area contributed by atoms with Crippen LogP contribution in [0.2, 0.25) is 5.02 Å². The summed E-state index contributed by atoms with van der Waals surface area (Å²) in [7, 11) is 0. The first-order chi connectivity index (χ1) is 16.2. The zero-order valence-corrected chi connectivity index (χ0v) is 18.5. The molecule has 0 radical (unpaired) electrons. The number of halogens is 1. The van der Waals surface area contributed by atoms with E-state index in [1.807, 2.05) is 0 Å². The Morgan fingerprint density at radius 2 is 1.85 bits per heavy atom. The number of hydrogen-bond donors (Lipinski definition) is 2. The molecule has 1 aliphatic rings. The molecule has 1 aliphatic heterocycles. The molecule has 0 aliphatic carbocycles. The van der Waals surface area contributed by atoms with Gasteiger partial charge in [-0.1, -0.05) is 11.6 Å². The number of anilines is 2. The Labute approximate surface area is 196 Å². The molecule has 0 spiro atoms. The summed E-state index contributed by atoms with van der Waals surface area (Å²) >= 11 is 5.74. The molecule has 0 atom stereocenters. The number of hydrogen-bond acceptors (Lipinski definition) is 11. The predicted octanol–water partition coefficient (Wildman–Crippen LogP) is 1.98. The summed E-state index contributed by atoms with van der Waals surface area (Å²) in [5.74, 6) is -1.10. The second-order valence-electron chi connectivity index (χ2n) is 6.83. The van der Waals surface area contributed by atoms with Gasteiger partial charge in [-0.2, -0.15) is 0 Å². The van der Waals surface area contributed by atoms with Crippen LogP contribution in [-0.4, -0.2) is 69.5 Å². The van der Waals surface area contributed by atoms with Crippen molar-refractivity contribution in [1.82, 2.24) is 20.3 Å². The van der Waals surface area contributed by atoms with Crippen LogP contribution in [0.15, 0.2) is 24.5 Å². The number of nitrogens with one attached hydrogen (secondary N) is 2. The molecule has 1 aromatic carbocycles. The number of nitrogens with zero attached hydrogens (tertiary/aromatic N) is 6. The maximum absolute atomic E-state index is 12.4. The van der Waals surface area contributed by atoms with Crippen LogP contribution in [0.25, 0.3) is 0 Å². The van der Waals surface area contributed by atoms with Gasteiger partial charge in [-0.05, 0) is 19.1 Å². The molecule has 0 bridgehead atoms. The van der Waals surface area contributed by atoms with Crippen LogP contribution >= 0.6 is 11.6 Å². The van der Waals surface area contributed by atoms with E-state index in [0.29, 0.717) is 0 Å². The van der Waals surface area contributed by atoms with Crippen molar-refractivity contribution in [1.29, 1.82) is 0 Å². The molecule has 1 fully saturated rings. The summed E-state index contributed by atoms with van der Waals surface area (Å²) in [6.45, 7) is 3.00. The number of hydrazine groups is 1. The predicted molar refractivity (Wildman–Crippen MR) is 119 cm³/mol. The molecule has 1 saturated heterocycles. The van der Waals surface area contributed by atoms with E-state index in [2.05, 4.69) is 20.8 Å². The van der Waals surface area contributed by atoms with Crippen molar-refractivity contribution in [3.8, 4) is 0 Å². The lowest BCUT2D eigenvalue weighted by atomic mass is 10.2. The summed E-state index contributed by atoms with van der Waals surface area (Å²) in [4.78, 5) is 56.6. The third-order valence-corrected chi connectivity index (χ3v) is 5.11. The molecule has 1 aromatic heterocycles. The lowest BCUT2D eigenvalue weighted by molar-refractivity contribution is -0.384. The SMILES string of the molecule is CCOC(=O)N1CCN(c2ncnc(NNC(=O)c3ccc(Cl)c([N+](=O)[O-])c3)c2[N+](=O)[O-])CC1. The average molecular weight is 495 g/mol. The number of benzene rings is 1. The molecule has 15 nitrogen and oxygen atoms in total. The van der Waals surface area contributed by atoms with Gasteiger partial charge in [0.25, 0.3) is 11.6 Å². The molecule has 180 valence electrons. The smallest absolute Gasteiger partial charge is 0.409 e. The maximum Gasteiger partial charge on any atom is 0.409 e. The van der Waals surface area contributed by atoms with E-state index >= 15 is 0 Å². The monoisotopic (exact) mass is 494 g/mol. The highest BCUT2D eigenvalue weighted by atomic mass is 35.5. The Morgan fingerprint density at radius 1 is 1.15 bits per heavy atom. The van der Waals surface area contributed by atoms with Gasteiger partial charge in [-0.25, -0.2) is 14.8 Å². The minimum atomic E-state index is -0.808. The minimum Gasteiger partial charge on any atom is -0.450 e. The molecule has 2 N–H and O–H groups in total. The summed E-state index contributed by atoms with van der Waals surface area (Å²) in [5.41, 5.74) is 3.54. The van der Waals surface area contributed by atoms with Crippen LogP contribution in [0, 0.1) is 20.2 Å². The first kappa shape index (κ1) is 24.4. The fraction of sp³-hybridized carbons (Fsp3) is 0.333. The number of rotatable bonds is 7. The van der Waals surface area contributed by atoms with Crippen LogP contribution in [0.3, 0.4) is 0 Å². The Balaban J connectivity index is 1.75. The van der Waals surface area contributed by atoms with Gasteiger partial charge in [-0.3, -0.25) is 35.9 Å². The van der Waals surface area contributed by atoms with E-state index in [1.165, 1.54) is 17.0 Å². The first-order valence-electron chi connectivity index (χ1n) is 9.89. The highest BCUT2D eigenvalue weighted by molar-refractivity contribution is 6.32. The normalized spacial score (nSPS) is 13.2. The maximum atomic E-state index is 12.4. The summed E-state index contributed by atoms with van der Waals surface area (Å²) in [6, 6.07) is 3.42. The Kier molecular flexibility index (Phi) is 7.57. The van der Waals surface area contributed by atoms with Crippen molar-refractivity contribution in [2.75, 3.05) is 43.1 Å². The van der Waals surface area contributed by atoms with E-state index in [-0.39, 0.29) is 55.0 Å². The molecule has 3 rings (SSSR count). The number of piperazine rings is 1. The van der Waals surface area contributed by atoms with E-state index in [4.69, 9.17) is 16.3 Å². The molecular weight excluding hydrogens is 476 g/mol. The fourth-order valence-electron chi connectivity index (χ4n) is 3.16. The molecule has 34 heavy (non-hydrogen) atoms. The third kappa shape index (κ3) is 5.37. The number of carbonyl (C=O) groups is 2. The van der Waals surface area contributed by atoms with Crippen molar-refractivity contribution in [3.05, 3.63) is 55.3 Å². The summed E-state index contributed by atoms with van der Waals surface area (Å²) in [6.07, 6.45) is 0.619. The molecule has 0 unspecified atom stereocenters. The molecule has 2 heterocycles. The van der Waals surface area contributed by atoms with Crippen LogP contribution in [0.4, 0.5) is 27.8 Å². The van der Waals surface area contributed by atoms with Gasteiger partial charge in [0.2, 0.25) is 11.6 Å². The van der Waals surface area contributed by atoms with E-state index < -0.39 is 33.2 Å². The average Bonchev–Trinajstić information content (AvgIpc) is 2.82. The van der Waals surface area contributed by atoms with Crippen LogP contribution in [0.5, 0.6) is 0 Å². The number of ether oxygens (including phenoxy) is 1. The van der Waals surface area contributed by atoms with E-state index in [9.17, 15) is 29.8 Å². The molecule has 16 heteroatoms. The van der Waals surface area contributed by atoms with E-state index in [1.54, 1.807) is 11.8 Å². The van der Waals surface area contributed by atoms with Crippen molar-refractivity contribution in [2.24, 2.45) is 0 Å². The van der Waals surface area contributed by atoms with Crippen molar-refractivity contribution in [2.45, 2.75) is 6.92 Å². The largest absolute Gasteiger partial charge is 0.450 e. The zero-order valence-electron chi connectivity index (χ0n) is 17.8. The number of amides is 2. The quantitative estimate of drug-likeness (QED) is 0.423. The number of carbonyl (C=O) groups excluding carboxylic acids is 2. The first-order valence-corrected chi connectivity index (χ1v) is 10.3. The van der Waals surface area contributed by atoms with E-state index in [0.717, 1.165) is 12.4 Å². The van der Waals surface area contributed by atoms with Crippen molar-refractivity contribution in [3.63, 3.8) is 0 Å². The number of aromatic nitrogens is 2. The van der Waals surface area contributed by atoms with Crippen LogP contribution in [0.1, 0.15) is 17.3 Å². The number of nitro groups is 2. The third-order valence-electron chi connectivity index (χ3n) is 4.79. The fourth-order valence-corrected chi connectivity index (χ4v) is 3.34. The lowest BCUT2D eigenvalue weighted by Crippen LogP contribution is -2.49. The van der Waals surface area contributed by atoms with Crippen LogP contribution in [-0.2, 0) is 4.74 Å². The van der Waals surface area contributed by atoms with Gasteiger partial charge in [0, 0.05) is 37.8 Å². The van der Waals surface area contributed by atoms with Gasteiger partial charge in [0.05, 0.1) is 16.5 Å². The second kappa shape index (κ2) is 10.6. The highest BCUT2D eigenvalue weighted by Gasteiger charge is 2.31. The molecule has 2 aromatic rings. The van der Waals surface area contributed by atoms with Gasteiger partial charge in [0.1, 0.15) is 11.3 Å². The molecule has 0 saturated carbocycles. The lowest BCUT2D eigenvalue weighted by Gasteiger charge is -2.34. The van der Waals surface area contributed by atoms with Gasteiger partial charge < -0.3 is 14.5 Å².